The lowest BCUT2D eigenvalue weighted by molar-refractivity contribution is -0.119. The van der Waals surface area contributed by atoms with Crippen LogP contribution in [0.2, 0.25) is 0 Å². The van der Waals surface area contributed by atoms with Crippen LogP contribution >= 0.6 is 11.6 Å². The molecule has 1 N–H and O–H groups in total. The van der Waals surface area contributed by atoms with Gasteiger partial charge in [-0.15, -0.1) is 0 Å². The predicted octanol–water partition coefficient (Wildman–Crippen LogP) is 3.84. The van der Waals surface area contributed by atoms with Crippen molar-refractivity contribution in [2.45, 2.75) is 44.7 Å². The molecule has 0 saturated carbocycles. The van der Waals surface area contributed by atoms with Crippen molar-refractivity contribution in [3.05, 3.63) is 42.5 Å². The maximum atomic E-state index is 12.0. The molecule has 6 heteroatoms. The summed E-state index contributed by atoms with van der Waals surface area (Å²) in [4.78, 5) is 23.6. The molecule has 132 valence electrons. The van der Waals surface area contributed by atoms with Crippen LogP contribution in [0.25, 0.3) is 0 Å². The highest BCUT2D eigenvalue weighted by Gasteiger charge is 2.22. The number of rotatable bonds is 8. The van der Waals surface area contributed by atoms with Crippen molar-refractivity contribution in [1.29, 1.82) is 0 Å². The third-order valence-corrected chi connectivity index (χ3v) is 3.21. The molecule has 1 amide bonds. The summed E-state index contributed by atoms with van der Waals surface area (Å²) in [7, 11) is 0. The van der Waals surface area contributed by atoms with Crippen LogP contribution in [0.5, 0.6) is 5.75 Å². The van der Waals surface area contributed by atoms with E-state index in [4.69, 9.17) is 21.1 Å². The van der Waals surface area contributed by atoms with Crippen LogP contribution in [0.1, 0.15) is 32.8 Å². The normalized spacial score (nSPS) is 12.2. The van der Waals surface area contributed by atoms with Gasteiger partial charge < -0.3 is 9.47 Å². The van der Waals surface area contributed by atoms with Gasteiger partial charge in [0.25, 0.3) is 0 Å². The number of amides is 1. The Hall–Kier alpha value is -2.01. The van der Waals surface area contributed by atoms with Crippen LogP contribution in [0.3, 0.4) is 0 Å². The predicted molar refractivity (Wildman–Crippen MR) is 94.5 cm³/mol. The summed E-state index contributed by atoms with van der Waals surface area (Å²) < 4.78 is 10.5. The number of hydrogen-bond acceptors (Lipinski definition) is 4. The van der Waals surface area contributed by atoms with E-state index < -0.39 is 17.2 Å². The quantitative estimate of drug-likeness (QED) is 0.438. The smallest absolute Gasteiger partial charge is 0.409 e. The van der Waals surface area contributed by atoms with Gasteiger partial charge in [0.15, 0.2) is 11.3 Å². The number of nitrogens with one attached hydrogen (secondary N) is 1. The molecule has 0 aliphatic carbocycles. The Morgan fingerprint density at radius 1 is 1.38 bits per heavy atom. The molecule has 0 radical (unpaired) electrons. The molecule has 0 fully saturated rings. The Kier molecular flexibility index (Phi) is 7.79. The second-order valence-electron chi connectivity index (χ2n) is 6.22. The number of carbonyl (C=O) groups excluding carboxylic acids is 2. The van der Waals surface area contributed by atoms with Gasteiger partial charge in [0.05, 0.1) is 0 Å². The lowest BCUT2D eigenvalue weighted by Crippen LogP contribution is -2.40. The molecular weight excluding hydrogens is 330 g/mol. The van der Waals surface area contributed by atoms with E-state index in [2.05, 4.69) is 11.9 Å². The molecule has 0 aliphatic heterocycles. The van der Waals surface area contributed by atoms with Gasteiger partial charge in [0, 0.05) is 6.42 Å². The zero-order valence-electron chi connectivity index (χ0n) is 14.3. The fourth-order valence-corrected chi connectivity index (χ4v) is 2.03. The van der Waals surface area contributed by atoms with Crippen LogP contribution < -0.4 is 10.1 Å². The summed E-state index contributed by atoms with van der Waals surface area (Å²) in [6.07, 6.45) is 1.66. The number of alkyl carbamates (subject to hydrolysis) is 1. The van der Waals surface area contributed by atoms with Crippen LogP contribution in [-0.4, -0.2) is 29.6 Å². The molecule has 0 aromatic heterocycles. The largest absolute Gasteiger partial charge is 0.490 e. The van der Waals surface area contributed by atoms with E-state index in [1.165, 1.54) is 0 Å². The first-order chi connectivity index (χ1) is 11.2. The number of aryl methyl sites for hydroxylation is 1. The van der Waals surface area contributed by atoms with Crippen molar-refractivity contribution in [2.24, 2.45) is 0 Å². The van der Waals surface area contributed by atoms with Gasteiger partial charge in [-0.1, -0.05) is 36.4 Å². The number of carbonyl (C=O) groups is 2. The number of ether oxygens (including phenoxy) is 2. The summed E-state index contributed by atoms with van der Waals surface area (Å²) >= 11 is 5.92. The van der Waals surface area contributed by atoms with Gasteiger partial charge in [-0.2, -0.15) is 0 Å². The molecule has 24 heavy (non-hydrogen) atoms. The minimum atomic E-state index is -1.11. The van der Waals surface area contributed by atoms with E-state index in [-0.39, 0.29) is 12.2 Å². The lowest BCUT2D eigenvalue weighted by Gasteiger charge is -2.20. The Labute approximate surface area is 148 Å². The summed E-state index contributed by atoms with van der Waals surface area (Å²) in [6, 6.07) is 7.46. The minimum Gasteiger partial charge on any atom is -0.490 e. The monoisotopic (exact) mass is 353 g/mol. The first kappa shape index (κ1) is 20.0. The van der Waals surface area contributed by atoms with Crippen molar-refractivity contribution in [3.8, 4) is 5.75 Å². The molecule has 5 nitrogen and oxygen atoms in total. The van der Waals surface area contributed by atoms with Gasteiger partial charge in [-0.3, -0.25) is 10.1 Å². The first-order valence-corrected chi connectivity index (χ1v) is 8.14. The van der Waals surface area contributed by atoms with Crippen LogP contribution in [0, 0.1) is 0 Å². The van der Waals surface area contributed by atoms with Crippen molar-refractivity contribution in [3.63, 3.8) is 0 Å². The highest BCUT2D eigenvalue weighted by Crippen LogP contribution is 2.15. The zero-order valence-corrected chi connectivity index (χ0v) is 15.1. The molecule has 1 aromatic rings. The second-order valence-corrected chi connectivity index (χ2v) is 6.66. The molecule has 1 rings (SSSR count). The van der Waals surface area contributed by atoms with Crippen molar-refractivity contribution in [2.75, 3.05) is 6.61 Å². The minimum absolute atomic E-state index is 0.203. The van der Waals surface area contributed by atoms with E-state index in [9.17, 15) is 9.59 Å². The third-order valence-electron chi connectivity index (χ3n) is 2.85. The van der Waals surface area contributed by atoms with E-state index in [1.807, 2.05) is 24.3 Å². The average Bonchev–Trinajstić information content (AvgIpc) is 2.49. The zero-order chi connectivity index (χ0) is 18.2. The van der Waals surface area contributed by atoms with Gasteiger partial charge in [0.1, 0.15) is 18.0 Å². The fraction of sp³-hybridized carbons (Fsp3) is 0.444. The van der Waals surface area contributed by atoms with Gasteiger partial charge in [0.2, 0.25) is 0 Å². The van der Waals surface area contributed by atoms with Gasteiger partial charge in [-0.25, -0.2) is 4.79 Å². The van der Waals surface area contributed by atoms with Crippen molar-refractivity contribution in [1.82, 2.24) is 5.32 Å². The molecule has 1 unspecified atom stereocenters. The molecular formula is C18H24ClNO4. The Balaban J connectivity index is 2.47. The number of halogens is 1. The highest BCUT2D eigenvalue weighted by molar-refractivity contribution is 6.31. The maximum absolute atomic E-state index is 12.0. The molecule has 1 aromatic carbocycles. The fourth-order valence-electron chi connectivity index (χ4n) is 1.83. The summed E-state index contributed by atoms with van der Waals surface area (Å²) in [5.74, 6) is 0.439. The van der Waals surface area contributed by atoms with Crippen molar-refractivity contribution >= 4 is 23.5 Å². The lowest BCUT2D eigenvalue weighted by atomic mass is 10.1. The molecule has 0 saturated heterocycles. The molecule has 0 heterocycles. The number of hydrogen-bond donors (Lipinski definition) is 1. The molecule has 0 spiro atoms. The maximum Gasteiger partial charge on any atom is 0.409 e. The number of benzene rings is 1. The first-order valence-electron chi connectivity index (χ1n) is 7.70. The van der Waals surface area contributed by atoms with E-state index >= 15 is 0 Å². The second kappa shape index (κ2) is 9.33. The topological polar surface area (TPSA) is 64.6 Å². The summed E-state index contributed by atoms with van der Waals surface area (Å²) in [5.41, 5.74) is -0.804. The summed E-state index contributed by atoms with van der Waals surface area (Å²) in [5, 5.41) is 2.33. The molecule has 1 atom stereocenters. The van der Waals surface area contributed by atoms with Gasteiger partial charge >= 0.3 is 6.09 Å². The third kappa shape index (κ3) is 8.02. The van der Waals surface area contributed by atoms with E-state index in [1.54, 1.807) is 26.8 Å². The standard InChI is InChI=1S/C18H24ClNO4/c1-5-11-23-14-8-6-7-13(12-14)9-10-15(21)16(19)20-17(22)24-18(2,3)4/h5-8,12,16H,1,9-11H2,2-4H3,(H,20,22). The number of ketones is 1. The Bertz CT molecular complexity index is 581. The van der Waals surface area contributed by atoms with E-state index in [0.29, 0.717) is 18.8 Å². The van der Waals surface area contributed by atoms with Crippen LogP contribution in [-0.2, 0) is 16.0 Å². The van der Waals surface area contributed by atoms with Crippen LogP contribution in [0.4, 0.5) is 4.79 Å². The number of alkyl halides is 1. The van der Waals surface area contributed by atoms with E-state index in [0.717, 1.165) is 5.56 Å². The average molecular weight is 354 g/mol. The van der Waals surface area contributed by atoms with Crippen molar-refractivity contribution < 1.29 is 19.1 Å². The summed E-state index contributed by atoms with van der Waals surface area (Å²) in [6.45, 7) is 9.22. The molecule has 0 bridgehead atoms. The molecule has 0 aliphatic rings. The van der Waals surface area contributed by atoms with Crippen LogP contribution in [0.15, 0.2) is 36.9 Å². The Morgan fingerprint density at radius 2 is 2.08 bits per heavy atom. The number of Topliss-reactive ketones (excluding diaryl/α,β-unsaturated/α-hetero) is 1. The SMILES string of the molecule is C=CCOc1cccc(CCC(=O)C(Cl)NC(=O)OC(C)(C)C)c1. The van der Waals surface area contributed by atoms with Gasteiger partial charge in [-0.05, 0) is 44.9 Å². The Morgan fingerprint density at radius 3 is 2.71 bits per heavy atom. The highest BCUT2D eigenvalue weighted by atomic mass is 35.5.